The molecular weight excluding hydrogens is 194 g/mol. The lowest BCUT2D eigenvalue weighted by Gasteiger charge is -2.45. The van der Waals surface area contributed by atoms with E-state index in [-0.39, 0.29) is 0 Å². The minimum atomic E-state index is 0.468. The van der Waals surface area contributed by atoms with Crippen molar-refractivity contribution in [3.8, 4) is 0 Å². The average molecular weight is 225 g/mol. The lowest BCUT2D eigenvalue weighted by molar-refractivity contribution is 0.0694. The second-order valence-corrected chi connectivity index (χ2v) is 6.50. The quantitative estimate of drug-likeness (QED) is 0.739. The molecule has 1 heteroatoms. The van der Waals surface area contributed by atoms with E-state index in [1.807, 2.05) is 0 Å². The molecule has 1 rings (SSSR count). The van der Waals surface area contributed by atoms with E-state index in [0.717, 1.165) is 11.8 Å². The molecule has 3 unspecified atom stereocenters. The fourth-order valence-corrected chi connectivity index (χ4v) is 3.82. The molecular formula is C15H31N. The number of nitrogens with two attached hydrogens (primary N) is 1. The molecule has 96 valence electrons. The van der Waals surface area contributed by atoms with Gasteiger partial charge in [-0.3, -0.25) is 0 Å². The first-order chi connectivity index (χ1) is 7.50. The van der Waals surface area contributed by atoms with Crippen LogP contribution < -0.4 is 5.73 Å². The average Bonchev–Trinajstić information content (AvgIpc) is 2.17. The Morgan fingerprint density at radius 3 is 2.50 bits per heavy atom. The zero-order chi connectivity index (χ0) is 12.2. The minimum absolute atomic E-state index is 0.468. The van der Waals surface area contributed by atoms with Crippen molar-refractivity contribution < 1.29 is 0 Å². The molecule has 0 aromatic rings. The van der Waals surface area contributed by atoms with Gasteiger partial charge in [-0.25, -0.2) is 0 Å². The van der Waals surface area contributed by atoms with Gasteiger partial charge in [0.25, 0.3) is 0 Å². The highest BCUT2D eigenvalue weighted by molar-refractivity contribution is 4.91. The SMILES string of the molecule is CCCC1(C(C)CC(C)C)CCCC(N)C1. The Kier molecular flexibility index (Phi) is 5.30. The summed E-state index contributed by atoms with van der Waals surface area (Å²) in [6.45, 7) is 9.48. The van der Waals surface area contributed by atoms with Crippen LogP contribution in [0.15, 0.2) is 0 Å². The zero-order valence-electron chi connectivity index (χ0n) is 11.8. The van der Waals surface area contributed by atoms with Gasteiger partial charge < -0.3 is 5.73 Å². The minimum Gasteiger partial charge on any atom is -0.328 e. The molecule has 0 heterocycles. The van der Waals surface area contributed by atoms with E-state index < -0.39 is 0 Å². The van der Waals surface area contributed by atoms with Gasteiger partial charge in [0, 0.05) is 6.04 Å². The Morgan fingerprint density at radius 2 is 2.00 bits per heavy atom. The first-order valence-corrected chi connectivity index (χ1v) is 7.25. The fraction of sp³-hybridized carbons (Fsp3) is 1.00. The third kappa shape index (κ3) is 3.48. The Balaban J connectivity index is 2.69. The summed E-state index contributed by atoms with van der Waals surface area (Å²) in [6.07, 6.45) is 9.36. The summed E-state index contributed by atoms with van der Waals surface area (Å²) < 4.78 is 0. The normalized spacial score (nSPS) is 33.0. The second kappa shape index (κ2) is 6.05. The van der Waals surface area contributed by atoms with Crippen LogP contribution in [0.25, 0.3) is 0 Å². The Hall–Kier alpha value is -0.0400. The van der Waals surface area contributed by atoms with Crippen molar-refractivity contribution in [1.82, 2.24) is 0 Å². The van der Waals surface area contributed by atoms with Crippen molar-refractivity contribution in [2.24, 2.45) is 23.0 Å². The number of rotatable bonds is 5. The Labute approximate surface area is 102 Å². The van der Waals surface area contributed by atoms with Gasteiger partial charge in [0.1, 0.15) is 0 Å². The van der Waals surface area contributed by atoms with Crippen LogP contribution in [0.1, 0.15) is 72.6 Å². The molecule has 0 aromatic heterocycles. The van der Waals surface area contributed by atoms with E-state index in [2.05, 4.69) is 27.7 Å². The van der Waals surface area contributed by atoms with Gasteiger partial charge in [-0.1, -0.05) is 40.5 Å². The summed E-state index contributed by atoms with van der Waals surface area (Å²) >= 11 is 0. The van der Waals surface area contributed by atoms with Crippen LogP contribution in [0.4, 0.5) is 0 Å². The highest BCUT2D eigenvalue weighted by Crippen LogP contribution is 2.47. The van der Waals surface area contributed by atoms with Crippen LogP contribution in [0, 0.1) is 17.3 Å². The van der Waals surface area contributed by atoms with E-state index in [1.54, 1.807) is 0 Å². The van der Waals surface area contributed by atoms with E-state index in [4.69, 9.17) is 5.73 Å². The third-order valence-corrected chi connectivity index (χ3v) is 4.54. The van der Waals surface area contributed by atoms with E-state index in [0.29, 0.717) is 11.5 Å². The van der Waals surface area contributed by atoms with Crippen LogP contribution >= 0.6 is 0 Å². The number of hydrogen-bond acceptors (Lipinski definition) is 1. The molecule has 0 radical (unpaired) electrons. The van der Waals surface area contributed by atoms with Crippen molar-refractivity contribution >= 4 is 0 Å². The highest BCUT2D eigenvalue weighted by Gasteiger charge is 2.38. The van der Waals surface area contributed by atoms with Gasteiger partial charge in [0.2, 0.25) is 0 Å². The van der Waals surface area contributed by atoms with Gasteiger partial charge in [0.15, 0.2) is 0 Å². The Bertz CT molecular complexity index is 196. The molecule has 1 nitrogen and oxygen atoms in total. The lowest BCUT2D eigenvalue weighted by Crippen LogP contribution is -2.40. The molecule has 0 aliphatic heterocycles. The summed E-state index contributed by atoms with van der Waals surface area (Å²) in [5, 5.41) is 0. The van der Waals surface area contributed by atoms with Gasteiger partial charge in [0.05, 0.1) is 0 Å². The van der Waals surface area contributed by atoms with Crippen LogP contribution in [0.2, 0.25) is 0 Å². The topological polar surface area (TPSA) is 26.0 Å². The molecule has 16 heavy (non-hydrogen) atoms. The van der Waals surface area contributed by atoms with Crippen LogP contribution in [0.5, 0.6) is 0 Å². The molecule has 1 saturated carbocycles. The van der Waals surface area contributed by atoms with Crippen LogP contribution in [-0.2, 0) is 0 Å². The third-order valence-electron chi connectivity index (χ3n) is 4.54. The molecule has 1 aliphatic rings. The summed E-state index contributed by atoms with van der Waals surface area (Å²) in [5.74, 6) is 1.67. The van der Waals surface area contributed by atoms with Crippen molar-refractivity contribution in [1.29, 1.82) is 0 Å². The summed E-state index contributed by atoms with van der Waals surface area (Å²) in [5.41, 5.74) is 6.78. The molecule has 0 bridgehead atoms. The maximum atomic E-state index is 6.21. The van der Waals surface area contributed by atoms with E-state index in [9.17, 15) is 0 Å². The molecule has 0 amide bonds. The van der Waals surface area contributed by atoms with Gasteiger partial charge in [-0.15, -0.1) is 0 Å². The molecule has 1 aliphatic carbocycles. The maximum absolute atomic E-state index is 6.21. The van der Waals surface area contributed by atoms with Gasteiger partial charge in [-0.05, 0) is 49.4 Å². The second-order valence-electron chi connectivity index (χ2n) is 6.50. The van der Waals surface area contributed by atoms with Crippen molar-refractivity contribution in [3.05, 3.63) is 0 Å². The predicted octanol–water partition coefficient (Wildman–Crippen LogP) is 4.36. The molecule has 1 fully saturated rings. The monoisotopic (exact) mass is 225 g/mol. The highest BCUT2D eigenvalue weighted by atomic mass is 14.7. The first-order valence-electron chi connectivity index (χ1n) is 7.25. The lowest BCUT2D eigenvalue weighted by atomic mass is 9.61. The van der Waals surface area contributed by atoms with Crippen LogP contribution in [0.3, 0.4) is 0 Å². The number of hydrogen-bond donors (Lipinski definition) is 1. The van der Waals surface area contributed by atoms with E-state index >= 15 is 0 Å². The Morgan fingerprint density at radius 1 is 1.31 bits per heavy atom. The fourth-order valence-electron chi connectivity index (χ4n) is 3.82. The largest absolute Gasteiger partial charge is 0.328 e. The van der Waals surface area contributed by atoms with Crippen molar-refractivity contribution in [2.45, 2.75) is 78.7 Å². The van der Waals surface area contributed by atoms with E-state index in [1.165, 1.54) is 44.9 Å². The van der Waals surface area contributed by atoms with Crippen molar-refractivity contribution in [3.63, 3.8) is 0 Å². The smallest absolute Gasteiger partial charge is 0.00442 e. The van der Waals surface area contributed by atoms with Gasteiger partial charge >= 0.3 is 0 Å². The van der Waals surface area contributed by atoms with Crippen LogP contribution in [-0.4, -0.2) is 6.04 Å². The first kappa shape index (κ1) is 14.0. The summed E-state index contributed by atoms with van der Waals surface area (Å²) in [7, 11) is 0. The summed E-state index contributed by atoms with van der Waals surface area (Å²) in [6, 6.07) is 0.468. The molecule has 0 saturated heterocycles. The molecule has 0 aromatic carbocycles. The maximum Gasteiger partial charge on any atom is 0.00442 e. The zero-order valence-corrected chi connectivity index (χ0v) is 11.8. The molecule has 3 atom stereocenters. The summed E-state index contributed by atoms with van der Waals surface area (Å²) in [4.78, 5) is 0. The standard InChI is InChI=1S/C15H31N/c1-5-8-15(13(4)10-12(2)3)9-6-7-14(16)11-15/h12-14H,5-11,16H2,1-4H3. The molecule has 2 N–H and O–H groups in total. The molecule has 0 spiro atoms. The van der Waals surface area contributed by atoms with Crippen molar-refractivity contribution in [2.75, 3.05) is 0 Å². The predicted molar refractivity (Wildman–Crippen MR) is 72.4 cm³/mol. The van der Waals surface area contributed by atoms with Gasteiger partial charge in [-0.2, -0.15) is 0 Å².